The van der Waals surface area contributed by atoms with E-state index in [0.717, 1.165) is 37.7 Å². The number of aryl methyl sites for hydroxylation is 1. The summed E-state index contributed by atoms with van der Waals surface area (Å²) in [4.78, 5) is 10.5. The lowest BCUT2D eigenvalue weighted by atomic mass is 10.0. The van der Waals surface area contributed by atoms with Crippen LogP contribution in [0.25, 0.3) is 0 Å². The molecule has 0 spiro atoms. The lowest BCUT2D eigenvalue weighted by molar-refractivity contribution is -0.118. The molecule has 100 valence electrons. The molecule has 0 atom stereocenters. The summed E-state index contributed by atoms with van der Waals surface area (Å²) in [5.74, 6) is 0.202. The molecular weight excluding hydrogens is 226 g/mol. The van der Waals surface area contributed by atoms with Gasteiger partial charge in [0.05, 0.1) is 0 Å². The Labute approximate surface area is 109 Å². The first kappa shape index (κ1) is 14.6. The standard InChI is InChI=1S/C15H23NO2/c16-15(18)12-6-4-2-1-3-5-9-13-10-7-8-11-14(13)17/h7-8,10-11,17H,1-6,9,12H2,(H2,16,18). The van der Waals surface area contributed by atoms with Gasteiger partial charge in [0.1, 0.15) is 5.75 Å². The van der Waals surface area contributed by atoms with Gasteiger partial charge in [-0.25, -0.2) is 0 Å². The van der Waals surface area contributed by atoms with Crippen LogP contribution in [0.1, 0.15) is 50.5 Å². The molecule has 0 fully saturated rings. The van der Waals surface area contributed by atoms with Crippen LogP contribution in [-0.4, -0.2) is 11.0 Å². The minimum absolute atomic E-state index is 0.199. The Morgan fingerprint density at radius 2 is 1.61 bits per heavy atom. The Morgan fingerprint density at radius 1 is 1.00 bits per heavy atom. The van der Waals surface area contributed by atoms with Gasteiger partial charge in [0, 0.05) is 6.42 Å². The zero-order chi connectivity index (χ0) is 13.2. The number of hydrogen-bond acceptors (Lipinski definition) is 2. The molecule has 0 unspecified atom stereocenters. The van der Waals surface area contributed by atoms with Crippen molar-refractivity contribution in [3.8, 4) is 5.75 Å². The smallest absolute Gasteiger partial charge is 0.217 e. The van der Waals surface area contributed by atoms with Crippen molar-refractivity contribution < 1.29 is 9.90 Å². The summed E-state index contributed by atoms with van der Waals surface area (Å²) in [6, 6.07) is 7.51. The Balaban J connectivity index is 1.99. The van der Waals surface area contributed by atoms with E-state index in [-0.39, 0.29) is 5.91 Å². The number of aromatic hydroxyl groups is 1. The van der Waals surface area contributed by atoms with Crippen molar-refractivity contribution in [2.45, 2.75) is 51.4 Å². The van der Waals surface area contributed by atoms with Gasteiger partial charge in [-0.3, -0.25) is 4.79 Å². The first-order chi connectivity index (χ1) is 8.70. The first-order valence-corrected chi connectivity index (χ1v) is 6.75. The number of carbonyl (C=O) groups excluding carboxylic acids is 1. The Hall–Kier alpha value is -1.51. The van der Waals surface area contributed by atoms with Gasteiger partial charge in [0.2, 0.25) is 5.91 Å². The topological polar surface area (TPSA) is 63.3 Å². The minimum Gasteiger partial charge on any atom is -0.508 e. The summed E-state index contributed by atoms with van der Waals surface area (Å²) in [5.41, 5.74) is 6.10. The number of phenols is 1. The number of carbonyl (C=O) groups is 1. The molecule has 1 aromatic rings. The van der Waals surface area contributed by atoms with Crippen LogP contribution in [0.5, 0.6) is 5.75 Å². The summed E-state index contributed by atoms with van der Waals surface area (Å²) in [6.07, 6.45) is 8.07. The first-order valence-electron chi connectivity index (χ1n) is 6.75. The third-order valence-corrected chi connectivity index (χ3v) is 3.11. The number of para-hydroxylation sites is 1. The normalized spacial score (nSPS) is 10.4. The maximum atomic E-state index is 10.5. The van der Waals surface area contributed by atoms with E-state index in [9.17, 15) is 9.90 Å². The number of primary amides is 1. The van der Waals surface area contributed by atoms with Gasteiger partial charge in [-0.05, 0) is 30.9 Å². The van der Waals surface area contributed by atoms with Gasteiger partial charge in [-0.2, -0.15) is 0 Å². The lowest BCUT2D eigenvalue weighted by Crippen LogP contribution is -2.09. The molecule has 3 N–H and O–H groups in total. The largest absolute Gasteiger partial charge is 0.508 e. The van der Waals surface area contributed by atoms with Crippen molar-refractivity contribution in [3.05, 3.63) is 29.8 Å². The zero-order valence-electron chi connectivity index (χ0n) is 10.9. The van der Waals surface area contributed by atoms with E-state index in [0.29, 0.717) is 12.2 Å². The van der Waals surface area contributed by atoms with Gasteiger partial charge in [-0.1, -0.05) is 43.9 Å². The molecule has 18 heavy (non-hydrogen) atoms. The number of benzene rings is 1. The van der Waals surface area contributed by atoms with Gasteiger partial charge >= 0.3 is 0 Å². The van der Waals surface area contributed by atoms with Crippen molar-refractivity contribution in [2.24, 2.45) is 5.73 Å². The van der Waals surface area contributed by atoms with E-state index >= 15 is 0 Å². The average Bonchev–Trinajstić information content (AvgIpc) is 2.34. The molecule has 0 aliphatic heterocycles. The molecule has 1 rings (SSSR count). The Bertz CT molecular complexity index is 363. The predicted octanol–water partition coefficient (Wildman–Crippen LogP) is 3.15. The van der Waals surface area contributed by atoms with Gasteiger partial charge in [0.25, 0.3) is 0 Å². The second kappa shape index (κ2) is 8.56. The quantitative estimate of drug-likeness (QED) is 0.660. The third kappa shape index (κ3) is 6.28. The minimum atomic E-state index is -0.199. The molecule has 0 aliphatic carbocycles. The Kier molecular flexibility index (Phi) is 6.92. The second-order valence-electron chi connectivity index (χ2n) is 4.72. The highest BCUT2D eigenvalue weighted by Crippen LogP contribution is 2.18. The van der Waals surface area contributed by atoms with Crippen LogP contribution in [-0.2, 0) is 11.2 Å². The monoisotopic (exact) mass is 249 g/mol. The fourth-order valence-corrected chi connectivity index (χ4v) is 2.04. The molecule has 0 saturated heterocycles. The average molecular weight is 249 g/mol. The van der Waals surface area contributed by atoms with Crippen molar-refractivity contribution in [2.75, 3.05) is 0 Å². The summed E-state index contributed by atoms with van der Waals surface area (Å²) < 4.78 is 0. The van der Waals surface area contributed by atoms with Crippen molar-refractivity contribution >= 4 is 5.91 Å². The predicted molar refractivity (Wildman–Crippen MR) is 73.3 cm³/mol. The highest BCUT2D eigenvalue weighted by molar-refractivity contribution is 5.73. The molecule has 1 aromatic carbocycles. The molecule has 0 radical (unpaired) electrons. The second-order valence-corrected chi connectivity index (χ2v) is 4.72. The van der Waals surface area contributed by atoms with Crippen LogP contribution in [0.3, 0.4) is 0 Å². The van der Waals surface area contributed by atoms with Crippen LogP contribution in [0, 0.1) is 0 Å². The van der Waals surface area contributed by atoms with E-state index in [1.165, 1.54) is 12.8 Å². The van der Waals surface area contributed by atoms with E-state index < -0.39 is 0 Å². The van der Waals surface area contributed by atoms with Gasteiger partial charge < -0.3 is 10.8 Å². The van der Waals surface area contributed by atoms with Crippen LogP contribution in [0.2, 0.25) is 0 Å². The molecular formula is C15H23NO2. The summed E-state index contributed by atoms with van der Waals surface area (Å²) >= 11 is 0. The number of hydrogen-bond donors (Lipinski definition) is 2. The Morgan fingerprint density at radius 3 is 2.28 bits per heavy atom. The van der Waals surface area contributed by atoms with E-state index in [1.54, 1.807) is 6.07 Å². The summed E-state index contributed by atoms with van der Waals surface area (Å²) in [5, 5.41) is 9.59. The van der Waals surface area contributed by atoms with Crippen LogP contribution in [0.15, 0.2) is 24.3 Å². The number of amides is 1. The number of phenolic OH excluding ortho intramolecular Hbond substituents is 1. The molecule has 0 aromatic heterocycles. The molecule has 0 bridgehead atoms. The van der Waals surface area contributed by atoms with E-state index in [4.69, 9.17) is 5.73 Å². The third-order valence-electron chi connectivity index (χ3n) is 3.11. The van der Waals surface area contributed by atoms with Gasteiger partial charge in [0.15, 0.2) is 0 Å². The number of unbranched alkanes of at least 4 members (excludes halogenated alkanes) is 5. The fourth-order valence-electron chi connectivity index (χ4n) is 2.04. The fraction of sp³-hybridized carbons (Fsp3) is 0.533. The maximum Gasteiger partial charge on any atom is 0.217 e. The van der Waals surface area contributed by atoms with Crippen LogP contribution < -0.4 is 5.73 Å². The van der Waals surface area contributed by atoms with Crippen molar-refractivity contribution in [1.82, 2.24) is 0 Å². The lowest BCUT2D eigenvalue weighted by Gasteiger charge is -2.04. The maximum absolute atomic E-state index is 10.5. The molecule has 1 amide bonds. The highest BCUT2D eigenvalue weighted by Gasteiger charge is 1.99. The zero-order valence-corrected chi connectivity index (χ0v) is 10.9. The molecule has 0 saturated carbocycles. The number of nitrogens with two attached hydrogens (primary N) is 1. The van der Waals surface area contributed by atoms with Crippen LogP contribution in [0.4, 0.5) is 0 Å². The molecule has 0 aliphatic rings. The summed E-state index contributed by atoms with van der Waals surface area (Å²) in [7, 11) is 0. The summed E-state index contributed by atoms with van der Waals surface area (Å²) in [6.45, 7) is 0. The molecule has 3 heteroatoms. The highest BCUT2D eigenvalue weighted by atomic mass is 16.3. The van der Waals surface area contributed by atoms with Crippen molar-refractivity contribution in [3.63, 3.8) is 0 Å². The van der Waals surface area contributed by atoms with Crippen LogP contribution >= 0.6 is 0 Å². The molecule has 0 heterocycles. The SMILES string of the molecule is NC(=O)CCCCCCCCc1ccccc1O. The van der Waals surface area contributed by atoms with Crippen molar-refractivity contribution in [1.29, 1.82) is 0 Å². The van der Waals surface area contributed by atoms with E-state index in [1.807, 2.05) is 18.2 Å². The van der Waals surface area contributed by atoms with E-state index in [2.05, 4.69) is 0 Å². The number of rotatable bonds is 9. The molecule has 3 nitrogen and oxygen atoms in total. The van der Waals surface area contributed by atoms with Gasteiger partial charge in [-0.15, -0.1) is 0 Å².